The standard InChI is InChI=1S/C6H9N3S/c1-4-3-10-6-7-5(2)8-9(4)6/h4H,3H2,1-2H3. The highest BCUT2D eigenvalue weighted by atomic mass is 32.2. The van der Waals surface area contributed by atoms with Crippen molar-refractivity contribution in [3.8, 4) is 0 Å². The largest absolute Gasteiger partial charge is 0.237 e. The van der Waals surface area contributed by atoms with Crippen LogP contribution in [0.5, 0.6) is 0 Å². The summed E-state index contributed by atoms with van der Waals surface area (Å²) in [5, 5.41) is 5.33. The van der Waals surface area contributed by atoms with Gasteiger partial charge < -0.3 is 0 Å². The summed E-state index contributed by atoms with van der Waals surface area (Å²) in [5.41, 5.74) is 0. The number of nitrogens with zero attached hydrogens (tertiary/aromatic N) is 3. The van der Waals surface area contributed by atoms with Crippen molar-refractivity contribution in [2.45, 2.75) is 25.0 Å². The normalized spacial score (nSPS) is 23.2. The van der Waals surface area contributed by atoms with Crippen molar-refractivity contribution in [2.75, 3.05) is 5.75 Å². The molecule has 2 rings (SSSR count). The molecular formula is C6H9N3S. The number of aryl methyl sites for hydroxylation is 1. The zero-order valence-corrected chi connectivity index (χ0v) is 6.85. The molecule has 0 amide bonds. The first kappa shape index (κ1) is 6.22. The summed E-state index contributed by atoms with van der Waals surface area (Å²) in [4.78, 5) is 4.26. The minimum Gasteiger partial charge on any atom is -0.237 e. The fourth-order valence-electron chi connectivity index (χ4n) is 1.06. The third-order valence-corrected chi connectivity index (χ3v) is 2.76. The van der Waals surface area contributed by atoms with Gasteiger partial charge in [0.1, 0.15) is 5.82 Å². The quantitative estimate of drug-likeness (QED) is 0.565. The van der Waals surface area contributed by atoms with Gasteiger partial charge >= 0.3 is 0 Å². The molecule has 1 aromatic heterocycles. The molecule has 54 valence electrons. The molecule has 1 atom stereocenters. The average Bonchev–Trinajstić information content (AvgIpc) is 2.35. The van der Waals surface area contributed by atoms with E-state index in [1.165, 1.54) is 0 Å². The second-order valence-corrected chi connectivity index (χ2v) is 3.53. The fourth-order valence-corrected chi connectivity index (χ4v) is 2.14. The Balaban J connectivity index is 2.49. The van der Waals surface area contributed by atoms with E-state index in [1.807, 2.05) is 11.6 Å². The first-order valence-corrected chi connectivity index (χ1v) is 4.32. The lowest BCUT2D eigenvalue weighted by molar-refractivity contribution is 0.512. The second kappa shape index (κ2) is 1.99. The van der Waals surface area contributed by atoms with Crippen LogP contribution in [0.1, 0.15) is 18.8 Å². The van der Waals surface area contributed by atoms with Crippen LogP contribution in [-0.4, -0.2) is 20.5 Å². The summed E-state index contributed by atoms with van der Waals surface area (Å²) in [5.74, 6) is 2.00. The fraction of sp³-hybridized carbons (Fsp3) is 0.667. The van der Waals surface area contributed by atoms with Gasteiger partial charge in [0.15, 0.2) is 5.16 Å². The van der Waals surface area contributed by atoms with Gasteiger partial charge in [0.05, 0.1) is 6.04 Å². The highest BCUT2D eigenvalue weighted by Crippen LogP contribution is 2.30. The van der Waals surface area contributed by atoms with Crippen LogP contribution >= 0.6 is 11.8 Å². The topological polar surface area (TPSA) is 30.7 Å². The summed E-state index contributed by atoms with van der Waals surface area (Å²) >= 11 is 1.79. The van der Waals surface area contributed by atoms with Crippen molar-refractivity contribution in [1.29, 1.82) is 0 Å². The molecule has 0 spiro atoms. The van der Waals surface area contributed by atoms with E-state index in [-0.39, 0.29) is 0 Å². The van der Waals surface area contributed by atoms with Gasteiger partial charge in [-0.2, -0.15) is 5.10 Å². The van der Waals surface area contributed by atoms with Gasteiger partial charge in [0.25, 0.3) is 0 Å². The van der Waals surface area contributed by atoms with Crippen LogP contribution in [0.3, 0.4) is 0 Å². The first-order chi connectivity index (χ1) is 4.77. The van der Waals surface area contributed by atoms with Gasteiger partial charge in [0, 0.05) is 5.75 Å². The van der Waals surface area contributed by atoms with Gasteiger partial charge in [-0.15, -0.1) is 0 Å². The molecule has 1 aliphatic heterocycles. The maximum Gasteiger partial charge on any atom is 0.186 e. The SMILES string of the molecule is Cc1nc2n(n1)C(C)CS2. The number of aromatic nitrogens is 3. The van der Waals surface area contributed by atoms with E-state index in [0.717, 1.165) is 16.7 Å². The molecule has 0 saturated heterocycles. The summed E-state index contributed by atoms with van der Waals surface area (Å²) in [6, 6.07) is 0.529. The number of fused-ring (bicyclic) bond motifs is 1. The molecule has 0 fully saturated rings. The number of hydrogen-bond acceptors (Lipinski definition) is 3. The van der Waals surface area contributed by atoms with Gasteiger partial charge in [-0.1, -0.05) is 11.8 Å². The van der Waals surface area contributed by atoms with Crippen LogP contribution in [0.2, 0.25) is 0 Å². The number of rotatable bonds is 0. The van der Waals surface area contributed by atoms with E-state index < -0.39 is 0 Å². The minimum atomic E-state index is 0.529. The predicted molar refractivity (Wildman–Crippen MR) is 40.2 cm³/mol. The van der Waals surface area contributed by atoms with E-state index in [1.54, 1.807) is 11.8 Å². The van der Waals surface area contributed by atoms with Crippen molar-refractivity contribution in [2.24, 2.45) is 0 Å². The Morgan fingerprint density at radius 2 is 2.50 bits per heavy atom. The third-order valence-electron chi connectivity index (χ3n) is 1.58. The summed E-state index contributed by atoms with van der Waals surface area (Å²) in [6.07, 6.45) is 0. The molecule has 0 N–H and O–H groups in total. The van der Waals surface area contributed by atoms with Crippen LogP contribution in [0.25, 0.3) is 0 Å². The summed E-state index contributed by atoms with van der Waals surface area (Å²) in [6.45, 7) is 4.09. The Kier molecular flexibility index (Phi) is 1.23. The lowest BCUT2D eigenvalue weighted by Crippen LogP contribution is -2.02. The molecule has 4 heteroatoms. The van der Waals surface area contributed by atoms with E-state index in [9.17, 15) is 0 Å². The Hall–Kier alpha value is -0.510. The van der Waals surface area contributed by atoms with Crippen LogP contribution in [-0.2, 0) is 0 Å². The monoisotopic (exact) mass is 155 g/mol. The summed E-state index contributed by atoms with van der Waals surface area (Å²) < 4.78 is 2.00. The van der Waals surface area contributed by atoms with Crippen LogP contribution in [0.15, 0.2) is 5.16 Å². The Bertz CT molecular complexity index is 255. The Morgan fingerprint density at radius 1 is 1.70 bits per heavy atom. The predicted octanol–water partition coefficient (Wildman–Crippen LogP) is 1.25. The molecule has 1 aliphatic rings. The maximum absolute atomic E-state index is 4.26. The van der Waals surface area contributed by atoms with Crippen molar-refractivity contribution in [1.82, 2.24) is 14.8 Å². The molecule has 1 unspecified atom stereocenters. The second-order valence-electron chi connectivity index (χ2n) is 2.55. The lowest BCUT2D eigenvalue weighted by atomic mass is 10.4. The Labute approximate surface area is 63.8 Å². The molecular weight excluding hydrogens is 146 g/mol. The molecule has 0 saturated carbocycles. The highest BCUT2D eigenvalue weighted by Gasteiger charge is 2.21. The van der Waals surface area contributed by atoms with Gasteiger partial charge in [-0.05, 0) is 13.8 Å². The molecule has 1 aromatic rings. The molecule has 2 heterocycles. The van der Waals surface area contributed by atoms with Gasteiger partial charge in [-0.3, -0.25) is 0 Å². The third kappa shape index (κ3) is 0.751. The first-order valence-electron chi connectivity index (χ1n) is 3.33. The molecule has 10 heavy (non-hydrogen) atoms. The molecule has 0 radical (unpaired) electrons. The molecule has 0 bridgehead atoms. The van der Waals surface area contributed by atoms with Gasteiger partial charge in [-0.25, -0.2) is 9.67 Å². The maximum atomic E-state index is 4.26. The summed E-state index contributed by atoms with van der Waals surface area (Å²) in [7, 11) is 0. The van der Waals surface area contributed by atoms with Crippen LogP contribution in [0.4, 0.5) is 0 Å². The molecule has 0 aliphatic carbocycles. The van der Waals surface area contributed by atoms with Crippen molar-refractivity contribution in [3.63, 3.8) is 0 Å². The van der Waals surface area contributed by atoms with Crippen molar-refractivity contribution in [3.05, 3.63) is 5.82 Å². The Morgan fingerprint density at radius 3 is 3.20 bits per heavy atom. The smallest absolute Gasteiger partial charge is 0.186 e. The number of hydrogen-bond donors (Lipinski definition) is 0. The zero-order chi connectivity index (χ0) is 7.14. The minimum absolute atomic E-state index is 0.529. The van der Waals surface area contributed by atoms with E-state index in [4.69, 9.17) is 0 Å². The van der Waals surface area contributed by atoms with Crippen LogP contribution < -0.4 is 0 Å². The molecule has 0 aromatic carbocycles. The van der Waals surface area contributed by atoms with E-state index in [2.05, 4.69) is 17.0 Å². The highest BCUT2D eigenvalue weighted by molar-refractivity contribution is 7.99. The van der Waals surface area contributed by atoms with E-state index >= 15 is 0 Å². The van der Waals surface area contributed by atoms with Crippen molar-refractivity contribution < 1.29 is 0 Å². The van der Waals surface area contributed by atoms with E-state index in [0.29, 0.717) is 6.04 Å². The lowest BCUT2D eigenvalue weighted by Gasteiger charge is -1.99. The average molecular weight is 155 g/mol. The number of thioether (sulfide) groups is 1. The zero-order valence-electron chi connectivity index (χ0n) is 6.03. The molecule has 3 nitrogen and oxygen atoms in total. The van der Waals surface area contributed by atoms with Gasteiger partial charge in [0.2, 0.25) is 0 Å². The van der Waals surface area contributed by atoms with Crippen LogP contribution in [0, 0.1) is 6.92 Å². The van der Waals surface area contributed by atoms with Crippen molar-refractivity contribution >= 4 is 11.8 Å².